The number of fused-ring (bicyclic) bond motifs is 1. The normalized spacial score (nSPS) is 13.4. The minimum absolute atomic E-state index is 0.260. The van der Waals surface area contributed by atoms with Crippen LogP contribution in [0.15, 0.2) is 91.3 Å². The van der Waals surface area contributed by atoms with Crippen LogP contribution in [-0.2, 0) is 6.61 Å². The molecule has 8 nitrogen and oxygen atoms in total. The van der Waals surface area contributed by atoms with Crippen LogP contribution >= 0.6 is 0 Å². The van der Waals surface area contributed by atoms with Crippen molar-refractivity contribution < 1.29 is 9.53 Å². The summed E-state index contributed by atoms with van der Waals surface area (Å²) < 4.78 is 7.60. The van der Waals surface area contributed by atoms with Crippen LogP contribution in [0, 0.1) is 6.92 Å². The van der Waals surface area contributed by atoms with Gasteiger partial charge in [-0.05, 0) is 53.9 Å². The van der Waals surface area contributed by atoms with Gasteiger partial charge in [0.25, 0.3) is 5.91 Å². The number of hydrogen-bond donors (Lipinski definition) is 2. The van der Waals surface area contributed by atoms with Gasteiger partial charge in [0.05, 0.1) is 6.20 Å². The third-order valence-electron chi connectivity index (χ3n) is 6.94. The molecule has 2 N–H and O–H groups in total. The molecule has 3 heterocycles. The number of amides is 1. The van der Waals surface area contributed by atoms with E-state index in [0.717, 1.165) is 60.0 Å². The van der Waals surface area contributed by atoms with Crippen LogP contribution in [0.2, 0.25) is 0 Å². The van der Waals surface area contributed by atoms with Crippen molar-refractivity contribution in [2.24, 2.45) is 0 Å². The van der Waals surface area contributed by atoms with Crippen molar-refractivity contribution >= 4 is 22.9 Å². The van der Waals surface area contributed by atoms with E-state index in [4.69, 9.17) is 4.74 Å². The topological polar surface area (TPSA) is 83.8 Å². The number of piperazine rings is 1. The van der Waals surface area contributed by atoms with E-state index >= 15 is 0 Å². The van der Waals surface area contributed by atoms with Gasteiger partial charge >= 0.3 is 0 Å². The molecule has 0 radical (unpaired) electrons. The molecule has 196 valence electrons. The average Bonchev–Trinajstić information content (AvgIpc) is 3.42. The second-order valence-corrected chi connectivity index (χ2v) is 9.63. The zero-order valence-corrected chi connectivity index (χ0v) is 21.8. The molecule has 0 aliphatic carbocycles. The lowest BCUT2D eigenvalue weighted by Gasteiger charge is -2.31. The van der Waals surface area contributed by atoms with E-state index in [1.807, 2.05) is 72.8 Å². The van der Waals surface area contributed by atoms with E-state index in [-0.39, 0.29) is 5.91 Å². The van der Waals surface area contributed by atoms with Crippen LogP contribution in [0.4, 0.5) is 11.4 Å². The number of anilines is 2. The highest BCUT2D eigenvalue weighted by Gasteiger charge is 2.16. The van der Waals surface area contributed by atoms with E-state index in [9.17, 15) is 4.79 Å². The molecule has 1 saturated heterocycles. The van der Waals surface area contributed by atoms with Crippen molar-refractivity contribution in [2.75, 3.05) is 36.4 Å². The highest BCUT2D eigenvalue weighted by molar-refractivity contribution is 6.03. The summed E-state index contributed by atoms with van der Waals surface area (Å²) in [4.78, 5) is 20.2. The molecule has 2 aromatic heterocycles. The van der Waals surface area contributed by atoms with Gasteiger partial charge in [-0.1, -0.05) is 48.5 Å². The summed E-state index contributed by atoms with van der Waals surface area (Å²) in [6, 6.07) is 25.6. The van der Waals surface area contributed by atoms with Gasteiger partial charge in [0.15, 0.2) is 5.65 Å². The molecule has 0 saturated carbocycles. The third-order valence-corrected chi connectivity index (χ3v) is 6.94. The predicted molar refractivity (Wildman–Crippen MR) is 153 cm³/mol. The number of aryl methyl sites for hydroxylation is 1. The molecule has 5 aromatic rings. The lowest BCUT2D eigenvalue weighted by molar-refractivity contribution is 0.102. The smallest absolute Gasteiger partial charge is 0.274 e. The van der Waals surface area contributed by atoms with Gasteiger partial charge in [-0.15, -0.1) is 0 Å². The van der Waals surface area contributed by atoms with Crippen molar-refractivity contribution in [1.82, 2.24) is 19.9 Å². The molecule has 0 unspecified atom stereocenters. The maximum absolute atomic E-state index is 13.2. The summed E-state index contributed by atoms with van der Waals surface area (Å²) in [5, 5.41) is 10.8. The second kappa shape index (κ2) is 11.0. The van der Waals surface area contributed by atoms with Crippen molar-refractivity contribution in [3.63, 3.8) is 0 Å². The number of aromatic nitrogens is 3. The molecular weight excluding hydrogens is 488 g/mol. The number of benzene rings is 3. The van der Waals surface area contributed by atoms with Gasteiger partial charge in [0.2, 0.25) is 0 Å². The summed E-state index contributed by atoms with van der Waals surface area (Å²) in [6.07, 6.45) is 3.53. The molecule has 3 aromatic carbocycles. The Labute approximate surface area is 227 Å². The first kappa shape index (κ1) is 24.6. The molecule has 1 amide bonds. The lowest BCUT2D eigenvalue weighted by atomic mass is 10.1. The van der Waals surface area contributed by atoms with Crippen LogP contribution < -0.4 is 20.3 Å². The second-order valence-electron chi connectivity index (χ2n) is 9.63. The summed E-state index contributed by atoms with van der Waals surface area (Å²) in [5.74, 6) is 0.523. The van der Waals surface area contributed by atoms with E-state index in [1.165, 1.54) is 5.56 Å². The molecule has 1 fully saturated rings. The summed E-state index contributed by atoms with van der Waals surface area (Å²) in [5.41, 5.74) is 6.94. The minimum Gasteiger partial charge on any atom is -0.489 e. The van der Waals surface area contributed by atoms with Crippen LogP contribution in [0.3, 0.4) is 0 Å². The van der Waals surface area contributed by atoms with Crippen molar-refractivity contribution in [2.45, 2.75) is 13.5 Å². The Kier molecular flexibility index (Phi) is 6.93. The fraction of sp³-hybridized carbons (Fsp3) is 0.194. The van der Waals surface area contributed by atoms with Crippen LogP contribution in [0.5, 0.6) is 5.75 Å². The molecule has 0 atom stereocenters. The standard InChI is InChI=1S/C31H30N6O2/c1-22-7-10-25(19-29(22)36-17-14-32-15-18-36)34-31(38)28-13-16-37-30(35-28)27(20-33-37)24-8-11-26(12-9-24)39-21-23-5-3-2-4-6-23/h2-13,16,19-20,32H,14-15,17-18,21H2,1H3,(H,34,38). The Balaban J connectivity index is 1.19. The van der Waals surface area contributed by atoms with E-state index in [0.29, 0.717) is 17.9 Å². The van der Waals surface area contributed by atoms with Crippen molar-refractivity contribution in [1.29, 1.82) is 0 Å². The molecule has 8 heteroatoms. The maximum atomic E-state index is 13.2. The first-order valence-electron chi connectivity index (χ1n) is 13.1. The number of carbonyl (C=O) groups is 1. The number of nitrogens with one attached hydrogen (secondary N) is 2. The number of rotatable bonds is 7. The third kappa shape index (κ3) is 5.46. The summed E-state index contributed by atoms with van der Waals surface area (Å²) >= 11 is 0. The Hall–Kier alpha value is -4.69. The van der Waals surface area contributed by atoms with Crippen molar-refractivity contribution in [3.8, 4) is 16.9 Å². The molecule has 0 spiro atoms. The van der Waals surface area contributed by atoms with Crippen LogP contribution in [-0.4, -0.2) is 46.7 Å². The average molecular weight is 519 g/mol. The highest BCUT2D eigenvalue weighted by Crippen LogP contribution is 2.27. The Bertz CT molecular complexity index is 1590. The van der Waals surface area contributed by atoms with E-state index in [1.54, 1.807) is 23.0 Å². The summed E-state index contributed by atoms with van der Waals surface area (Å²) in [7, 11) is 0. The SMILES string of the molecule is Cc1ccc(NC(=O)c2ccn3ncc(-c4ccc(OCc5ccccc5)cc4)c3n2)cc1N1CCNCC1. The van der Waals surface area contributed by atoms with Gasteiger partial charge in [-0.25, -0.2) is 9.50 Å². The first-order chi connectivity index (χ1) is 19.1. The van der Waals surface area contributed by atoms with Crippen LogP contribution in [0.25, 0.3) is 16.8 Å². The lowest BCUT2D eigenvalue weighted by Crippen LogP contribution is -2.43. The molecule has 6 rings (SSSR count). The van der Waals surface area contributed by atoms with Crippen LogP contribution in [0.1, 0.15) is 21.6 Å². The Morgan fingerprint density at radius 2 is 1.79 bits per heavy atom. The highest BCUT2D eigenvalue weighted by atomic mass is 16.5. The number of hydrogen-bond acceptors (Lipinski definition) is 6. The van der Waals surface area contributed by atoms with Gasteiger partial charge in [-0.3, -0.25) is 4.79 Å². The molecule has 0 bridgehead atoms. The predicted octanol–water partition coefficient (Wildman–Crippen LogP) is 4.95. The number of nitrogens with zero attached hydrogens (tertiary/aromatic N) is 4. The number of ether oxygens (including phenoxy) is 1. The monoisotopic (exact) mass is 518 g/mol. The van der Waals surface area contributed by atoms with Gasteiger partial charge in [0, 0.05) is 49.3 Å². The van der Waals surface area contributed by atoms with Gasteiger partial charge < -0.3 is 20.3 Å². The van der Waals surface area contributed by atoms with Gasteiger partial charge in [0.1, 0.15) is 18.1 Å². The molecule has 1 aliphatic heterocycles. The summed E-state index contributed by atoms with van der Waals surface area (Å²) in [6.45, 7) is 6.41. The van der Waals surface area contributed by atoms with Gasteiger partial charge in [-0.2, -0.15) is 5.10 Å². The number of carbonyl (C=O) groups excluding carboxylic acids is 1. The first-order valence-corrected chi connectivity index (χ1v) is 13.1. The van der Waals surface area contributed by atoms with Crippen molar-refractivity contribution in [3.05, 3.63) is 108 Å². The minimum atomic E-state index is -0.260. The van der Waals surface area contributed by atoms with E-state index < -0.39 is 0 Å². The zero-order valence-electron chi connectivity index (χ0n) is 21.8. The fourth-order valence-electron chi connectivity index (χ4n) is 4.80. The molecule has 39 heavy (non-hydrogen) atoms. The quantitative estimate of drug-likeness (QED) is 0.317. The molecular formula is C31H30N6O2. The Morgan fingerprint density at radius 1 is 1.00 bits per heavy atom. The maximum Gasteiger partial charge on any atom is 0.274 e. The van der Waals surface area contributed by atoms with E-state index in [2.05, 4.69) is 32.5 Å². The Morgan fingerprint density at radius 3 is 2.59 bits per heavy atom. The molecule has 1 aliphatic rings. The fourth-order valence-corrected chi connectivity index (χ4v) is 4.80. The largest absolute Gasteiger partial charge is 0.489 e. The zero-order chi connectivity index (χ0) is 26.6.